The van der Waals surface area contributed by atoms with E-state index < -0.39 is 18.0 Å². The number of carbonyl (C=O) groups excluding carboxylic acids is 2. The van der Waals surface area contributed by atoms with Gasteiger partial charge in [0.1, 0.15) is 6.61 Å². The van der Waals surface area contributed by atoms with Crippen LogP contribution in [0.3, 0.4) is 0 Å². The summed E-state index contributed by atoms with van der Waals surface area (Å²) in [7, 11) is 0. The van der Waals surface area contributed by atoms with Gasteiger partial charge in [-0.1, -0.05) is 53.7 Å². The molecule has 1 fully saturated rings. The molecular formula is C25H23N3O6. The Morgan fingerprint density at radius 3 is 2.44 bits per heavy atom. The van der Waals surface area contributed by atoms with Crippen molar-refractivity contribution in [2.75, 3.05) is 18.5 Å². The molecule has 3 aromatic rings. The molecule has 9 heteroatoms. The van der Waals surface area contributed by atoms with Gasteiger partial charge in [-0.25, -0.2) is 4.79 Å². The lowest BCUT2D eigenvalue weighted by Gasteiger charge is -2.22. The van der Waals surface area contributed by atoms with Crippen molar-refractivity contribution in [3.63, 3.8) is 0 Å². The minimum atomic E-state index is -0.956. The van der Waals surface area contributed by atoms with Gasteiger partial charge in [-0.05, 0) is 35.1 Å². The van der Waals surface area contributed by atoms with Gasteiger partial charge in [-0.15, -0.1) is 0 Å². The van der Waals surface area contributed by atoms with Crippen molar-refractivity contribution in [3.8, 4) is 11.1 Å². The van der Waals surface area contributed by atoms with E-state index in [0.717, 1.165) is 28.7 Å². The molecule has 0 saturated carbocycles. The summed E-state index contributed by atoms with van der Waals surface area (Å²) in [5.41, 5.74) is 4.48. The largest absolute Gasteiger partial charge is 0.481 e. The van der Waals surface area contributed by atoms with Crippen LogP contribution in [0.15, 0.2) is 59.1 Å². The van der Waals surface area contributed by atoms with E-state index in [0.29, 0.717) is 13.0 Å². The van der Waals surface area contributed by atoms with E-state index in [4.69, 9.17) is 14.4 Å². The summed E-state index contributed by atoms with van der Waals surface area (Å²) in [6.45, 7) is 0.600. The number of rotatable bonds is 6. The van der Waals surface area contributed by atoms with Crippen LogP contribution in [-0.4, -0.2) is 52.3 Å². The molecule has 2 aromatic carbocycles. The molecule has 2 N–H and O–H groups in total. The second-order valence-corrected chi connectivity index (χ2v) is 8.42. The first-order chi connectivity index (χ1) is 16.5. The molecule has 0 spiro atoms. The van der Waals surface area contributed by atoms with Crippen LogP contribution in [0.2, 0.25) is 0 Å². The Labute approximate surface area is 195 Å². The number of carboxylic acids is 1. The molecule has 5 rings (SSSR count). The number of hydrogen-bond donors (Lipinski definition) is 2. The Balaban J connectivity index is 1.21. The molecule has 9 nitrogen and oxygen atoms in total. The van der Waals surface area contributed by atoms with E-state index in [1.807, 2.05) is 36.4 Å². The van der Waals surface area contributed by atoms with Gasteiger partial charge < -0.3 is 19.3 Å². The molecule has 174 valence electrons. The highest BCUT2D eigenvalue weighted by atomic mass is 16.6. The summed E-state index contributed by atoms with van der Waals surface area (Å²) in [4.78, 5) is 37.7. The second kappa shape index (κ2) is 9.01. The number of benzene rings is 2. The maximum atomic E-state index is 12.7. The topological polar surface area (TPSA) is 122 Å². The number of anilines is 1. The van der Waals surface area contributed by atoms with Crippen molar-refractivity contribution in [1.82, 2.24) is 10.1 Å². The first-order valence-electron chi connectivity index (χ1n) is 11.1. The highest BCUT2D eigenvalue weighted by Gasteiger charge is 2.33. The number of aromatic nitrogens is 1. The molecule has 2 amide bonds. The fraction of sp³-hybridized carbons (Fsp3) is 0.280. The minimum absolute atomic E-state index is 0.00577. The minimum Gasteiger partial charge on any atom is -0.481 e. The van der Waals surface area contributed by atoms with Gasteiger partial charge in [0.2, 0.25) is 5.88 Å². The number of amides is 2. The molecule has 1 saturated heterocycles. The highest BCUT2D eigenvalue weighted by molar-refractivity contribution is 5.94. The van der Waals surface area contributed by atoms with Crippen LogP contribution < -0.4 is 5.32 Å². The molecule has 2 aliphatic rings. The Bertz CT molecular complexity index is 1210. The van der Waals surface area contributed by atoms with E-state index in [9.17, 15) is 14.4 Å². The Morgan fingerprint density at radius 2 is 1.76 bits per heavy atom. The Kier molecular flexibility index (Phi) is 5.75. The van der Waals surface area contributed by atoms with Gasteiger partial charge in [0, 0.05) is 24.6 Å². The average molecular weight is 461 g/mol. The molecule has 0 unspecified atom stereocenters. The van der Waals surface area contributed by atoms with Crippen molar-refractivity contribution in [3.05, 3.63) is 71.4 Å². The molecule has 1 aromatic heterocycles. The van der Waals surface area contributed by atoms with Crippen LogP contribution in [0.4, 0.5) is 10.7 Å². The first-order valence-corrected chi connectivity index (χ1v) is 11.1. The molecule has 1 aliphatic carbocycles. The second-order valence-electron chi connectivity index (χ2n) is 8.42. The molecule has 1 atom stereocenters. The summed E-state index contributed by atoms with van der Waals surface area (Å²) in [5, 5.41) is 15.3. The number of aliphatic carboxylic acids is 1. The highest BCUT2D eigenvalue weighted by Crippen LogP contribution is 2.44. The molecular weight excluding hydrogens is 438 g/mol. The summed E-state index contributed by atoms with van der Waals surface area (Å²) in [6, 6.07) is 17.0. The fourth-order valence-corrected chi connectivity index (χ4v) is 4.83. The van der Waals surface area contributed by atoms with Crippen molar-refractivity contribution in [2.45, 2.75) is 31.2 Å². The summed E-state index contributed by atoms with van der Waals surface area (Å²) in [5.74, 6) is -1.48. The lowest BCUT2D eigenvalue weighted by Crippen LogP contribution is -2.37. The van der Waals surface area contributed by atoms with Crippen LogP contribution in [0.1, 0.15) is 46.8 Å². The number of carboxylic acid groups (broad SMARTS) is 1. The third-order valence-electron chi connectivity index (χ3n) is 6.35. The quantitative estimate of drug-likeness (QED) is 0.566. The van der Waals surface area contributed by atoms with Crippen molar-refractivity contribution in [2.24, 2.45) is 0 Å². The number of nitrogens with one attached hydrogen (secondary N) is 1. The number of hydrogen-bond acceptors (Lipinski definition) is 6. The molecule has 1 aliphatic heterocycles. The van der Waals surface area contributed by atoms with Crippen molar-refractivity contribution < 1.29 is 28.8 Å². The normalized spacial score (nSPS) is 16.7. The van der Waals surface area contributed by atoms with E-state index in [1.165, 1.54) is 11.0 Å². The van der Waals surface area contributed by atoms with Crippen LogP contribution >= 0.6 is 0 Å². The monoisotopic (exact) mass is 461 g/mol. The summed E-state index contributed by atoms with van der Waals surface area (Å²) < 4.78 is 10.6. The van der Waals surface area contributed by atoms with E-state index in [1.54, 1.807) is 0 Å². The van der Waals surface area contributed by atoms with E-state index >= 15 is 0 Å². The summed E-state index contributed by atoms with van der Waals surface area (Å²) >= 11 is 0. The van der Waals surface area contributed by atoms with Gasteiger partial charge in [-0.3, -0.25) is 14.9 Å². The van der Waals surface area contributed by atoms with Crippen LogP contribution in [0, 0.1) is 0 Å². The van der Waals surface area contributed by atoms with Crippen LogP contribution in [0.5, 0.6) is 0 Å². The van der Waals surface area contributed by atoms with E-state index in [-0.39, 0.29) is 36.6 Å². The lowest BCUT2D eigenvalue weighted by molar-refractivity contribution is -0.137. The number of nitrogens with zero attached hydrogens (tertiary/aromatic N) is 2. The SMILES string of the molecule is O=C(O)C[C@@H]1CCCN1C(=O)c1cc(NC(=O)OCC2c3ccccc3-c3ccccc32)on1. The van der Waals surface area contributed by atoms with Crippen molar-refractivity contribution >= 4 is 23.9 Å². The fourth-order valence-electron chi connectivity index (χ4n) is 4.83. The smallest absolute Gasteiger partial charge is 0.414 e. The predicted octanol–water partition coefficient (Wildman–Crippen LogP) is 4.11. The number of fused-ring (bicyclic) bond motifs is 3. The zero-order chi connectivity index (χ0) is 23.7. The maximum absolute atomic E-state index is 12.7. The van der Waals surface area contributed by atoms with Gasteiger partial charge >= 0.3 is 12.1 Å². The molecule has 0 bridgehead atoms. The number of carbonyl (C=O) groups is 3. The molecule has 34 heavy (non-hydrogen) atoms. The number of likely N-dealkylation sites (tertiary alicyclic amines) is 1. The zero-order valence-corrected chi connectivity index (χ0v) is 18.3. The third kappa shape index (κ3) is 4.12. The molecule has 0 radical (unpaired) electrons. The average Bonchev–Trinajstić information content (AvgIpc) is 3.55. The Morgan fingerprint density at radius 1 is 1.09 bits per heavy atom. The molecule has 2 heterocycles. The van der Waals surface area contributed by atoms with Crippen LogP contribution in [-0.2, 0) is 9.53 Å². The van der Waals surface area contributed by atoms with Crippen LogP contribution in [0.25, 0.3) is 11.1 Å². The van der Waals surface area contributed by atoms with E-state index in [2.05, 4.69) is 22.6 Å². The van der Waals surface area contributed by atoms with Gasteiger partial charge in [0.25, 0.3) is 5.91 Å². The maximum Gasteiger partial charge on any atom is 0.414 e. The standard InChI is InChI=1S/C25H23N3O6/c29-23(30)12-15-6-5-11-28(15)24(31)21-13-22(34-27-21)26-25(32)33-14-20-18-9-3-1-7-16(18)17-8-2-4-10-19(17)20/h1-4,7-10,13,15,20H,5-6,11-12,14H2,(H,26,32)(H,29,30)/t15-/m0/s1. The Hall–Kier alpha value is -4.14. The van der Waals surface area contributed by atoms with Gasteiger partial charge in [0.15, 0.2) is 5.69 Å². The third-order valence-corrected chi connectivity index (χ3v) is 6.35. The first kappa shape index (κ1) is 21.7. The zero-order valence-electron chi connectivity index (χ0n) is 18.3. The number of ether oxygens (including phenoxy) is 1. The van der Waals surface area contributed by atoms with Gasteiger partial charge in [0.05, 0.1) is 6.42 Å². The predicted molar refractivity (Wildman–Crippen MR) is 122 cm³/mol. The summed E-state index contributed by atoms with van der Waals surface area (Å²) in [6.07, 6.45) is 0.517. The van der Waals surface area contributed by atoms with Gasteiger partial charge in [-0.2, -0.15) is 0 Å². The van der Waals surface area contributed by atoms with Crippen molar-refractivity contribution in [1.29, 1.82) is 0 Å². The lowest BCUT2D eigenvalue weighted by atomic mass is 9.98.